The van der Waals surface area contributed by atoms with Crippen molar-refractivity contribution in [2.75, 3.05) is 50.0 Å². The van der Waals surface area contributed by atoms with E-state index in [4.69, 9.17) is 10.5 Å². The molecule has 0 bridgehead atoms. The second kappa shape index (κ2) is 11.8. The summed E-state index contributed by atoms with van der Waals surface area (Å²) >= 11 is 0. The van der Waals surface area contributed by atoms with Gasteiger partial charge >= 0.3 is 0 Å². The van der Waals surface area contributed by atoms with E-state index in [1.54, 1.807) is 17.2 Å². The zero-order valence-corrected chi connectivity index (χ0v) is 22.8. The van der Waals surface area contributed by atoms with E-state index in [1.807, 2.05) is 66.7 Å². The van der Waals surface area contributed by atoms with E-state index in [0.29, 0.717) is 30.6 Å². The number of aromatic nitrogens is 1. The molecule has 0 aliphatic carbocycles. The van der Waals surface area contributed by atoms with Gasteiger partial charge in [0.05, 0.1) is 18.8 Å². The minimum absolute atomic E-state index is 0.0370. The lowest BCUT2D eigenvalue weighted by Gasteiger charge is -2.28. The molecule has 0 saturated carbocycles. The summed E-state index contributed by atoms with van der Waals surface area (Å²) in [5, 5.41) is 3.06. The lowest BCUT2D eigenvalue weighted by molar-refractivity contribution is 0.0783. The monoisotopic (exact) mass is 547 g/mol. The standard InChI is InChI=1S/C33H33N5O3/c34-31-30(20-27(21-35-31)25-10-12-29(13-11-25)37-16-18-41-19-17-37)32(39)36-28-14-15-38(22-28)33(40)26-8-6-24(7-9-26)23-4-2-1-3-5-23/h1-13,20-21,28H,14-19,22H2,(H2,34,35)(H,36,39)/t28-/m1/s1. The van der Waals surface area contributed by atoms with E-state index < -0.39 is 0 Å². The fourth-order valence-corrected chi connectivity index (χ4v) is 5.45. The number of nitrogens with two attached hydrogens (primary N) is 1. The quantitative estimate of drug-likeness (QED) is 0.369. The molecule has 2 aliphatic heterocycles. The van der Waals surface area contributed by atoms with E-state index in [0.717, 1.165) is 54.2 Å². The summed E-state index contributed by atoms with van der Waals surface area (Å²) in [7, 11) is 0. The number of morpholine rings is 1. The van der Waals surface area contributed by atoms with Crippen LogP contribution in [-0.4, -0.2) is 67.1 Å². The van der Waals surface area contributed by atoms with Crippen LogP contribution in [0.2, 0.25) is 0 Å². The molecular weight excluding hydrogens is 514 g/mol. The molecule has 3 aromatic carbocycles. The second-order valence-corrected chi connectivity index (χ2v) is 10.5. The third-order valence-electron chi connectivity index (χ3n) is 7.79. The Balaban J connectivity index is 1.08. The van der Waals surface area contributed by atoms with Crippen LogP contribution >= 0.6 is 0 Å². The summed E-state index contributed by atoms with van der Waals surface area (Å²) < 4.78 is 5.45. The molecular formula is C33H33N5O3. The molecule has 4 aromatic rings. The van der Waals surface area contributed by atoms with Crippen molar-refractivity contribution in [1.29, 1.82) is 0 Å². The van der Waals surface area contributed by atoms with Crippen molar-refractivity contribution in [2.24, 2.45) is 0 Å². The molecule has 2 aliphatic rings. The maximum Gasteiger partial charge on any atom is 0.255 e. The first kappa shape index (κ1) is 26.5. The molecule has 208 valence electrons. The molecule has 2 fully saturated rings. The Morgan fingerprint density at radius 2 is 1.49 bits per heavy atom. The minimum atomic E-state index is -0.284. The van der Waals surface area contributed by atoms with Crippen LogP contribution in [0.15, 0.2) is 91.1 Å². The molecule has 2 amide bonds. The zero-order valence-electron chi connectivity index (χ0n) is 22.8. The topological polar surface area (TPSA) is 101 Å². The van der Waals surface area contributed by atoms with Crippen LogP contribution in [0.5, 0.6) is 0 Å². The Hall–Kier alpha value is -4.69. The maximum absolute atomic E-state index is 13.2. The van der Waals surface area contributed by atoms with Gasteiger partial charge in [-0.2, -0.15) is 0 Å². The van der Waals surface area contributed by atoms with Crippen LogP contribution in [-0.2, 0) is 4.74 Å². The SMILES string of the molecule is Nc1ncc(-c2ccc(N3CCOCC3)cc2)cc1C(=O)N[C@@H]1CCN(C(=O)c2ccc(-c3ccccc3)cc2)C1. The number of carbonyl (C=O) groups excluding carboxylic acids is 2. The number of pyridine rings is 1. The number of nitrogens with one attached hydrogen (secondary N) is 1. The number of ether oxygens (including phenoxy) is 1. The predicted molar refractivity (Wildman–Crippen MR) is 161 cm³/mol. The van der Waals surface area contributed by atoms with Gasteiger partial charge in [0.1, 0.15) is 5.82 Å². The molecule has 8 heteroatoms. The molecule has 1 atom stereocenters. The average molecular weight is 548 g/mol. The summed E-state index contributed by atoms with van der Waals surface area (Å²) in [6.07, 6.45) is 2.37. The summed E-state index contributed by atoms with van der Waals surface area (Å²) in [6.45, 7) is 4.23. The lowest BCUT2D eigenvalue weighted by atomic mass is 10.0. The smallest absolute Gasteiger partial charge is 0.255 e. The summed E-state index contributed by atoms with van der Waals surface area (Å²) in [5.74, 6) is -0.140. The third kappa shape index (κ3) is 5.93. The molecule has 1 aromatic heterocycles. The lowest BCUT2D eigenvalue weighted by Crippen LogP contribution is -2.38. The van der Waals surface area contributed by atoms with E-state index in [2.05, 4.69) is 27.3 Å². The summed E-state index contributed by atoms with van der Waals surface area (Å²) in [4.78, 5) is 34.8. The highest BCUT2D eigenvalue weighted by Crippen LogP contribution is 2.26. The van der Waals surface area contributed by atoms with E-state index in [9.17, 15) is 9.59 Å². The Morgan fingerprint density at radius 3 is 2.22 bits per heavy atom. The number of anilines is 2. The van der Waals surface area contributed by atoms with Gasteiger partial charge in [0.2, 0.25) is 0 Å². The zero-order chi connectivity index (χ0) is 28.2. The van der Waals surface area contributed by atoms with Crippen LogP contribution in [0, 0.1) is 0 Å². The molecule has 8 nitrogen and oxygen atoms in total. The number of likely N-dealkylation sites (tertiary alicyclic amines) is 1. The maximum atomic E-state index is 13.2. The van der Waals surface area contributed by atoms with Crippen LogP contribution in [0.4, 0.5) is 11.5 Å². The first-order valence-corrected chi connectivity index (χ1v) is 14.0. The Labute approximate surface area is 239 Å². The van der Waals surface area contributed by atoms with Crippen molar-refractivity contribution in [3.8, 4) is 22.3 Å². The molecule has 0 spiro atoms. The number of nitrogen functional groups attached to an aromatic ring is 1. The van der Waals surface area contributed by atoms with Gasteiger partial charge in [-0.3, -0.25) is 9.59 Å². The van der Waals surface area contributed by atoms with Crippen molar-refractivity contribution >= 4 is 23.3 Å². The van der Waals surface area contributed by atoms with Gasteiger partial charge in [0.15, 0.2) is 0 Å². The van der Waals surface area contributed by atoms with Gasteiger partial charge in [-0.25, -0.2) is 4.98 Å². The molecule has 6 rings (SSSR count). The normalized spacial score (nSPS) is 16.9. The van der Waals surface area contributed by atoms with Crippen molar-refractivity contribution in [1.82, 2.24) is 15.2 Å². The van der Waals surface area contributed by atoms with Gasteiger partial charge in [-0.15, -0.1) is 0 Å². The predicted octanol–water partition coefficient (Wildman–Crippen LogP) is 4.48. The number of hydrogen-bond donors (Lipinski definition) is 2. The fraction of sp³-hybridized carbons (Fsp3) is 0.242. The van der Waals surface area contributed by atoms with Crippen LogP contribution in [0.25, 0.3) is 22.3 Å². The number of nitrogens with zero attached hydrogens (tertiary/aromatic N) is 3. The average Bonchev–Trinajstić information content (AvgIpc) is 3.50. The van der Waals surface area contributed by atoms with Crippen LogP contribution in [0.3, 0.4) is 0 Å². The highest BCUT2D eigenvalue weighted by Gasteiger charge is 2.29. The molecule has 0 unspecified atom stereocenters. The molecule has 3 N–H and O–H groups in total. The largest absolute Gasteiger partial charge is 0.383 e. The molecule has 41 heavy (non-hydrogen) atoms. The number of benzene rings is 3. The Kier molecular flexibility index (Phi) is 7.65. The van der Waals surface area contributed by atoms with E-state index >= 15 is 0 Å². The molecule has 0 radical (unpaired) electrons. The van der Waals surface area contributed by atoms with Gasteiger partial charge in [-0.05, 0) is 53.4 Å². The van der Waals surface area contributed by atoms with Crippen molar-refractivity contribution in [3.63, 3.8) is 0 Å². The van der Waals surface area contributed by atoms with Crippen LogP contribution in [0.1, 0.15) is 27.1 Å². The number of rotatable bonds is 6. The molecule has 3 heterocycles. The van der Waals surface area contributed by atoms with E-state index in [-0.39, 0.29) is 23.7 Å². The van der Waals surface area contributed by atoms with Gasteiger partial charge in [-0.1, -0.05) is 54.6 Å². The third-order valence-corrected chi connectivity index (χ3v) is 7.79. The highest BCUT2D eigenvalue weighted by molar-refractivity contribution is 6.00. The van der Waals surface area contributed by atoms with Gasteiger partial charge < -0.3 is 25.6 Å². The van der Waals surface area contributed by atoms with Crippen molar-refractivity contribution in [3.05, 3.63) is 102 Å². The number of carbonyl (C=O) groups is 2. The molecule has 2 saturated heterocycles. The number of amides is 2. The first-order valence-electron chi connectivity index (χ1n) is 14.0. The fourth-order valence-electron chi connectivity index (χ4n) is 5.45. The van der Waals surface area contributed by atoms with Crippen molar-refractivity contribution in [2.45, 2.75) is 12.5 Å². The highest BCUT2D eigenvalue weighted by atomic mass is 16.5. The first-order chi connectivity index (χ1) is 20.0. The minimum Gasteiger partial charge on any atom is -0.383 e. The van der Waals surface area contributed by atoms with Crippen molar-refractivity contribution < 1.29 is 14.3 Å². The number of hydrogen-bond acceptors (Lipinski definition) is 6. The van der Waals surface area contributed by atoms with Gasteiger partial charge in [0.25, 0.3) is 11.8 Å². The Morgan fingerprint density at radius 1 is 0.829 bits per heavy atom. The van der Waals surface area contributed by atoms with Crippen LogP contribution < -0.4 is 16.0 Å². The Bertz CT molecular complexity index is 1520. The van der Waals surface area contributed by atoms with E-state index in [1.165, 1.54) is 0 Å². The summed E-state index contributed by atoms with van der Waals surface area (Å²) in [5.41, 5.74) is 12.2. The summed E-state index contributed by atoms with van der Waals surface area (Å²) in [6, 6.07) is 27.6. The van der Waals surface area contributed by atoms with Gasteiger partial charge in [0, 0.05) is 55.2 Å². The second-order valence-electron chi connectivity index (χ2n) is 10.5.